The van der Waals surface area contributed by atoms with E-state index in [0.717, 1.165) is 5.25 Å². The molecule has 1 aliphatic heterocycles. The molecule has 0 radical (unpaired) electrons. The molecule has 0 spiro atoms. The highest BCUT2D eigenvalue weighted by atomic mass is 32.2. The van der Waals surface area contributed by atoms with E-state index in [4.69, 9.17) is 0 Å². The summed E-state index contributed by atoms with van der Waals surface area (Å²) in [5, 5.41) is 0.812. The molecule has 12 heavy (non-hydrogen) atoms. The van der Waals surface area contributed by atoms with Crippen LogP contribution in [0.5, 0.6) is 0 Å². The monoisotopic (exact) mass is 184 g/mol. The molecule has 0 N–H and O–H groups in total. The summed E-state index contributed by atoms with van der Waals surface area (Å²) in [6, 6.07) is 0. The first-order valence-electron chi connectivity index (χ1n) is 5.15. The van der Waals surface area contributed by atoms with E-state index >= 15 is 0 Å². The molecule has 0 aromatic rings. The van der Waals surface area contributed by atoms with Crippen LogP contribution >= 0.6 is 11.8 Å². The van der Waals surface area contributed by atoms with Crippen LogP contribution in [0.1, 0.15) is 46.0 Å². The lowest BCUT2D eigenvalue weighted by Gasteiger charge is -2.07. The van der Waals surface area contributed by atoms with E-state index in [0.29, 0.717) is 0 Å². The second-order valence-electron chi connectivity index (χ2n) is 3.57. The van der Waals surface area contributed by atoms with Crippen LogP contribution in [0.2, 0.25) is 0 Å². The Bertz CT molecular complexity index is 149. The van der Waals surface area contributed by atoms with Crippen molar-refractivity contribution in [3.63, 3.8) is 0 Å². The van der Waals surface area contributed by atoms with Crippen LogP contribution in [0.25, 0.3) is 0 Å². The van der Waals surface area contributed by atoms with Gasteiger partial charge in [-0.3, -0.25) is 0 Å². The van der Waals surface area contributed by atoms with Gasteiger partial charge in [0.05, 0.1) is 0 Å². The highest BCUT2D eigenvalue weighted by Gasteiger charge is 2.13. The third-order valence-corrected chi connectivity index (χ3v) is 3.69. The van der Waals surface area contributed by atoms with Gasteiger partial charge in [0.1, 0.15) is 0 Å². The van der Waals surface area contributed by atoms with E-state index in [-0.39, 0.29) is 0 Å². The zero-order valence-corrected chi connectivity index (χ0v) is 9.12. The lowest BCUT2D eigenvalue weighted by molar-refractivity contribution is 0.660. The van der Waals surface area contributed by atoms with Crippen molar-refractivity contribution in [1.29, 1.82) is 0 Å². The average molecular weight is 184 g/mol. The van der Waals surface area contributed by atoms with Crippen molar-refractivity contribution in [2.45, 2.75) is 51.2 Å². The van der Waals surface area contributed by atoms with Crippen LogP contribution in [0.3, 0.4) is 0 Å². The molecule has 0 nitrogen and oxygen atoms in total. The van der Waals surface area contributed by atoms with Gasteiger partial charge in [-0.1, -0.05) is 37.8 Å². The first-order valence-corrected chi connectivity index (χ1v) is 6.20. The van der Waals surface area contributed by atoms with Crippen LogP contribution in [-0.4, -0.2) is 11.0 Å². The minimum atomic E-state index is 0.812. The summed E-state index contributed by atoms with van der Waals surface area (Å²) in [4.78, 5) is 0. The Morgan fingerprint density at radius 1 is 1.42 bits per heavy atom. The average Bonchev–Trinajstić information content (AvgIpc) is 2.46. The van der Waals surface area contributed by atoms with Crippen LogP contribution < -0.4 is 0 Å². The molecular weight excluding hydrogens is 164 g/mol. The van der Waals surface area contributed by atoms with Gasteiger partial charge in [-0.15, -0.1) is 0 Å². The Morgan fingerprint density at radius 3 is 2.83 bits per heavy atom. The van der Waals surface area contributed by atoms with E-state index in [1.165, 1.54) is 37.9 Å². The molecule has 0 bridgehead atoms. The minimum Gasteiger partial charge on any atom is -0.150 e. The van der Waals surface area contributed by atoms with Gasteiger partial charge in [0.15, 0.2) is 0 Å². The summed E-state index contributed by atoms with van der Waals surface area (Å²) in [6.45, 7) is 4.61. The number of unbranched alkanes of at least 4 members (excludes halogenated alkanes) is 3. The Morgan fingerprint density at radius 2 is 2.25 bits per heavy atom. The maximum atomic E-state index is 2.43. The first-order chi connectivity index (χ1) is 5.84. The molecule has 0 aromatic carbocycles. The molecule has 1 heteroatoms. The number of hydrogen-bond donors (Lipinski definition) is 0. The van der Waals surface area contributed by atoms with E-state index in [2.05, 4.69) is 31.7 Å². The van der Waals surface area contributed by atoms with E-state index < -0.39 is 0 Å². The molecular formula is C11H20S. The van der Waals surface area contributed by atoms with Crippen LogP contribution in [0.4, 0.5) is 0 Å². The quantitative estimate of drug-likeness (QED) is 0.459. The predicted octanol–water partition coefficient (Wildman–Crippen LogP) is 4.02. The van der Waals surface area contributed by atoms with Crippen LogP contribution in [-0.2, 0) is 0 Å². The van der Waals surface area contributed by atoms with Gasteiger partial charge >= 0.3 is 0 Å². The summed E-state index contributed by atoms with van der Waals surface area (Å²) in [6.07, 6.45) is 9.38. The van der Waals surface area contributed by atoms with Crippen molar-refractivity contribution in [2.75, 3.05) is 5.75 Å². The molecule has 0 aliphatic carbocycles. The van der Waals surface area contributed by atoms with Crippen LogP contribution in [0.15, 0.2) is 11.6 Å². The molecule has 1 rings (SSSR count). The van der Waals surface area contributed by atoms with E-state index in [1.54, 1.807) is 5.57 Å². The van der Waals surface area contributed by atoms with Gasteiger partial charge in [-0.25, -0.2) is 0 Å². The fourth-order valence-electron chi connectivity index (χ4n) is 1.63. The van der Waals surface area contributed by atoms with Crippen molar-refractivity contribution in [1.82, 2.24) is 0 Å². The topological polar surface area (TPSA) is 0 Å². The Kier molecular flexibility index (Phi) is 4.82. The van der Waals surface area contributed by atoms with Crippen molar-refractivity contribution in [3.8, 4) is 0 Å². The van der Waals surface area contributed by atoms with E-state index in [1.807, 2.05) is 0 Å². The molecule has 0 saturated carbocycles. The zero-order valence-electron chi connectivity index (χ0n) is 8.31. The van der Waals surface area contributed by atoms with Gasteiger partial charge in [-0.2, -0.15) is 11.8 Å². The largest absolute Gasteiger partial charge is 0.150 e. The molecule has 0 amide bonds. The smallest absolute Gasteiger partial charge is 0.0231 e. The Labute approximate surface area is 80.8 Å². The molecule has 1 unspecified atom stereocenters. The van der Waals surface area contributed by atoms with Crippen molar-refractivity contribution in [3.05, 3.63) is 11.6 Å². The number of rotatable bonds is 5. The van der Waals surface area contributed by atoms with Crippen molar-refractivity contribution >= 4 is 11.8 Å². The Hall–Kier alpha value is 0.0900. The second-order valence-corrected chi connectivity index (χ2v) is 4.94. The number of thioether (sulfide) groups is 1. The highest BCUT2D eigenvalue weighted by Crippen LogP contribution is 2.29. The fourth-order valence-corrected chi connectivity index (χ4v) is 2.66. The molecule has 0 fully saturated rings. The molecule has 1 atom stereocenters. The zero-order chi connectivity index (χ0) is 8.81. The van der Waals surface area contributed by atoms with Crippen molar-refractivity contribution < 1.29 is 0 Å². The summed E-state index contributed by atoms with van der Waals surface area (Å²) in [7, 11) is 0. The maximum Gasteiger partial charge on any atom is 0.0231 e. The standard InChI is InChI=1S/C11H20S/c1-3-4-5-6-7-11-8-9-12-10(11)2/h8,10H,3-7,9H2,1-2H3. The third-order valence-electron chi connectivity index (χ3n) is 2.53. The highest BCUT2D eigenvalue weighted by molar-refractivity contribution is 8.00. The normalized spacial score (nSPS) is 22.8. The molecule has 70 valence electrons. The van der Waals surface area contributed by atoms with Gasteiger partial charge in [-0.05, 0) is 19.8 Å². The number of hydrogen-bond acceptors (Lipinski definition) is 1. The van der Waals surface area contributed by atoms with Gasteiger partial charge in [0.25, 0.3) is 0 Å². The molecule has 1 heterocycles. The lowest BCUT2D eigenvalue weighted by atomic mass is 10.0. The second kappa shape index (κ2) is 5.69. The first kappa shape index (κ1) is 10.2. The lowest BCUT2D eigenvalue weighted by Crippen LogP contribution is -1.95. The predicted molar refractivity (Wildman–Crippen MR) is 58.8 cm³/mol. The van der Waals surface area contributed by atoms with Gasteiger partial charge < -0.3 is 0 Å². The van der Waals surface area contributed by atoms with Gasteiger partial charge in [0.2, 0.25) is 0 Å². The fraction of sp³-hybridized carbons (Fsp3) is 0.818. The SMILES string of the molecule is CCCCCCC1=CCSC1C. The molecule has 1 aliphatic rings. The van der Waals surface area contributed by atoms with Crippen LogP contribution in [0, 0.1) is 0 Å². The molecule has 0 saturated heterocycles. The van der Waals surface area contributed by atoms with Crippen molar-refractivity contribution in [2.24, 2.45) is 0 Å². The van der Waals surface area contributed by atoms with Gasteiger partial charge in [0, 0.05) is 11.0 Å². The maximum absolute atomic E-state index is 2.43. The summed E-state index contributed by atoms with van der Waals surface area (Å²) >= 11 is 2.08. The summed E-state index contributed by atoms with van der Waals surface area (Å²) in [5.41, 5.74) is 1.70. The van der Waals surface area contributed by atoms with E-state index in [9.17, 15) is 0 Å². The summed E-state index contributed by atoms with van der Waals surface area (Å²) in [5.74, 6) is 1.25. The minimum absolute atomic E-state index is 0.812. The third kappa shape index (κ3) is 3.22. The molecule has 0 aromatic heterocycles. The Balaban J connectivity index is 2.06. The summed E-state index contributed by atoms with van der Waals surface area (Å²) < 4.78 is 0.